The zero-order chi connectivity index (χ0) is 17.0. The van der Waals surface area contributed by atoms with Crippen molar-refractivity contribution in [3.05, 3.63) is 0 Å². The van der Waals surface area contributed by atoms with Crippen LogP contribution in [-0.4, -0.2) is 91.3 Å². The molecule has 0 unspecified atom stereocenters. The van der Waals surface area contributed by atoms with E-state index in [1.807, 2.05) is 0 Å². The molecule has 0 aromatic rings. The van der Waals surface area contributed by atoms with Gasteiger partial charge in [-0.2, -0.15) is 8.42 Å². The average Bonchev–Trinajstić information content (AvgIpc) is 2.46. The van der Waals surface area contributed by atoms with E-state index in [1.165, 1.54) is 0 Å². The third-order valence-corrected chi connectivity index (χ3v) is 4.23. The van der Waals surface area contributed by atoms with Crippen LogP contribution in [0.4, 0.5) is 4.53 Å². The SMILES string of the molecule is CCCCCCCCS(=O)(=O)OC(=O)CC[C@H](N)C(=O)OF.[Na].[Na]. The summed E-state index contributed by atoms with van der Waals surface area (Å²) in [6, 6.07) is -1.33. The number of unbranched alkanes of at least 4 members (excludes halogenated alkanes) is 5. The van der Waals surface area contributed by atoms with Crippen LogP contribution in [0, 0.1) is 0 Å². The first-order chi connectivity index (χ1) is 10.3. The molecule has 2 N–H and O–H groups in total. The van der Waals surface area contributed by atoms with Crippen LogP contribution < -0.4 is 5.73 Å². The Hall–Kier alpha value is 0.780. The van der Waals surface area contributed by atoms with Crippen molar-refractivity contribution in [3.8, 4) is 0 Å². The smallest absolute Gasteiger partial charge is 0.346 e. The maximum absolute atomic E-state index is 11.5. The number of halogens is 1. The van der Waals surface area contributed by atoms with Gasteiger partial charge in [0.2, 0.25) is 0 Å². The second kappa shape index (κ2) is 17.2. The number of carbonyl (C=O) groups excluding carboxylic acids is 2. The van der Waals surface area contributed by atoms with E-state index in [-0.39, 0.29) is 71.3 Å². The van der Waals surface area contributed by atoms with Crippen molar-refractivity contribution >= 4 is 81.2 Å². The Balaban J connectivity index is -0.00000220. The van der Waals surface area contributed by atoms with Crippen LogP contribution in [0.5, 0.6) is 0 Å². The molecule has 0 aliphatic carbocycles. The van der Waals surface area contributed by atoms with Gasteiger partial charge in [-0.3, -0.25) is 9.74 Å². The van der Waals surface area contributed by atoms with Crippen molar-refractivity contribution in [2.45, 2.75) is 64.3 Å². The topological polar surface area (TPSA) is 113 Å². The summed E-state index contributed by atoms with van der Waals surface area (Å²) in [5, 5.41) is 0. The van der Waals surface area contributed by atoms with Gasteiger partial charge in [0.15, 0.2) is 0 Å². The summed E-state index contributed by atoms with van der Waals surface area (Å²) in [7, 11) is -3.93. The summed E-state index contributed by atoms with van der Waals surface area (Å²) >= 11 is 0. The van der Waals surface area contributed by atoms with Gasteiger partial charge in [-0.1, -0.05) is 39.0 Å². The van der Waals surface area contributed by atoms with Crippen molar-refractivity contribution in [1.82, 2.24) is 0 Å². The normalized spacial score (nSPS) is 11.6. The van der Waals surface area contributed by atoms with E-state index in [2.05, 4.69) is 16.0 Å². The van der Waals surface area contributed by atoms with E-state index < -0.39 is 34.5 Å². The second-order valence-electron chi connectivity index (χ2n) is 5.03. The van der Waals surface area contributed by atoms with Crippen LogP contribution in [-0.2, 0) is 28.8 Å². The predicted molar refractivity (Wildman–Crippen MR) is 89.2 cm³/mol. The number of nitrogens with two attached hydrogens (primary N) is 1. The molecule has 0 aliphatic rings. The number of carbonyl (C=O) groups is 2. The van der Waals surface area contributed by atoms with Gasteiger partial charge < -0.3 is 9.92 Å². The summed E-state index contributed by atoms with van der Waals surface area (Å²) in [6.07, 6.45) is 4.73. The van der Waals surface area contributed by atoms with Crippen molar-refractivity contribution in [2.75, 3.05) is 5.75 Å². The summed E-state index contributed by atoms with van der Waals surface area (Å²) in [5.41, 5.74) is 5.21. The summed E-state index contributed by atoms with van der Waals surface area (Å²) in [4.78, 5) is 24.9. The number of hydrogen-bond donors (Lipinski definition) is 1. The van der Waals surface area contributed by atoms with E-state index in [0.717, 1.165) is 32.1 Å². The van der Waals surface area contributed by atoms with Crippen molar-refractivity contribution in [1.29, 1.82) is 0 Å². The van der Waals surface area contributed by atoms with E-state index in [1.54, 1.807) is 0 Å². The van der Waals surface area contributed by atoms with Crippen LogP contribution in [0.1, 0.15) is 58.3 Å². The van der Waals surface area contributed by atoms with Gasteiger partial charge in [0.1, 0.15) is 6.04 Å². The van der Waals surface area contributed by atoms with E-state index in [4.69, 9.17) is 5.73 Å². The fourth-order valence-electron chi connectivity index (χ4n) is 1.73. The van der Waals surface area contributed by atoms with Gasteiger partial charge in [-0.25, -0.2) is 4.79 Å². The predicted octanol–water partition coefficient (Wildman–Crippen LogP) is 0.993. The Morgan fingerprint density at radius 3 is 2.17 bits per heavy atom. The second-order valence-corrected chi connectivity index (χ2v) is 6.72. The first-order valence-corrected chi connectivity index (χ1v) is 8.93. The van der Waals surface area contributed by atoms with Gasteiger partial charge in [0, 0.05) is 70.1 Å². The van der Waals surface area contributed by atoms with Crippen molar-refractivity contribution in [3.63, 3.8) is 0 Å². The van der Waals surface area contributed by atoms with Crippen LogP contribution in [0.25, 0.3) is 0 Å². The molecule has 0 saturated carbocycles. The standard InChI is InChI=1S/C13H24FNO6S.2Na/c1-2-3-4-5-6-7-10-22(18,19)21-12(16)9-8-11(15)13(17)20-14;;/h11H,2-10,15H2,1H3;;/t11-;;/m0../s1. The molecule has 1 atom stereocenters. The molecule has 0 heterocycles. The van der Waals surface area contributed by atoms with Crippen LogP contribution in [0.2, 0.25) is 0 Å². The molecule has 11 heteroatoms. The molecule has 0 spiro atoms. The quantitative estimate of drug-likeness (QED) is 0.302. The molecule has 0 aliphatic heterocycles. The Kier molecular flexibility index (Phi) is 21.2. The molecule has 7 nitrogen and oxygen atoms in total. The van der Waals surface area contributed by atoms with Gasteiger partial charge >= 0.3 is 22.1 Å². The average molecular weight is 387 g/mol. The molecule has 0 saturated heterocycles. The zero-order valence-corrected chi connectivity index (χ0v) is 19.6. The Morgan fingerprint density at radius 1 is 1.08 bits per heavy atom. The molecule has 0 bridgehead atoms. The zero-order valence-electron chi connectivity index (χ0n) is 14.8. The van der Waals surface area contributed by atoms with Gasteiger partial charge in [-0.05, 0) is 12.8 Å². The first-order valence-electron chi connectivity index (χ1n) is 7.35. The van der Waals surface area contributed by atoms with Gasteiger partial charge in [0.25, 0.3) is 0 Å². The van der Waals surface area contributed by atoms with Crippen molar-refractivity contribution < 1.29 is 31.7 Å². The molecular weight excluding hydrogens is 363 g/mol. The molecule has 0 aromatic heterocycles. The Labute approximate surface area is 187 Å². The fourth-order valence-corrected chi connectivity index (χ4v) is 2.74. The van der Waals surface area contributed by atoms with Crippen LogP contribution in [0.15, 0.2) is 0 Å². The number of rotatable bonds is 12. The maximum atomic E-state index is 11.5. The first kappa shape index (κ1) is 29.5. The molecule has 0 fully saturated rings. The minimum absolute atomic E-state index is 0. The van der Waals surface area contributed by atoms with E-state index >= 15 is 0 Å². The third-order valence-electron chi connectivity index (χ3n) is 3.01. The fraction of sp³-hybridized carbons (Fsp3) is 0.846. The minimum Gasteiger partial charge on any atom is -0.346 e. The summed E-state index contributed by atoms with van der Waals surface area (Å²) in [6.45, 7) is 2.09. The van der Waals surface area contributed by atoms with Crippen molar-refractivity contribution in [2.24, 2.45) is 5.73 Å². The Bertz CT molecular complexity index is 450. The number of hydrogen-bond acceptors (Lipinski definition) is 7. The molecule has 24 heavy (non-hydrogen) atoms. The third kappa shape index (κ3) is 16.3. The molecule has 0 amide bonds. The Morgan fingerprint density at radius 2 is 1.62 bits per heavy atom. The maximum Gasteiger partial charge on any atom is 0.365 e. The largest absolute Gasteiger partial charge is 0.365 e. The van der Waals surface area contributed by atoms with E-state index in [9.17, 15) is 22.5 Å². The summed E-state index contributed by atoms with van der Waals surface area (Å²) < 4.78 is 39.0. The van der Waals surface area contributed by atoms with Gasteiger partial charge in [-0.15, -0.1) is 0 Å². The molecule has 132 valence electrons. The molecule has 0 aromatic carbocycles. The van der Waals surface area contributed by atoms with Crippen LogP contribution >= 0.6 is 0 Å². The minimum atomic E-state index is -3.93. The summed E-state index contributed by atoms with van der Waals surface area (Å²) in [5.74, 6) is -2.57. The van der Waals surface area contributed by atoms with E-state index in [0.29, 0.717) is 6.42 Å². The van der Waals surface area contributed by atoms with Crippen LogP contribution in [0.3, 0.4) is 0 Å². The molecule has 2 radical (unpaired) electrons. The monoisotopic (exact) mass is 387 g/mol. The molecule has 0 rings (SSSR count). The van der Waals surface area contributed by atoms with Gasteiger partial charge in [0.05, 0.1) is 5.75 Å². The molecular formula is C13H24FNNa2O6S.